The van der Waals surface area contributed by atoms with Gasteiger partial charge in [-0.3, -0.25) is 9.59 Å². The number of hydrogen-bond acceptors (Lipinski definition) is 3. The highest BCUT2D eigenvalue weighted by Crippen LogP contribution is 2.33. The Morgan fingerprint density at radius 3 is 2.69 bits per heavy atom. The summed E-state index contributed by atoms with van der Waals surface area (Å²) in [6, 6.07) is 11.4. The number of halogens is 3. The summed E-state index contributed by atoms with van der Waals surface area (Å²) < 4.78 is 38.8. The number of para-hydroxylation sites is 1. The summed E-state index contributed by atoms with van der Waals surface area (Å²) >= 11 is 0. The van der Waals surface area contributed by atoms with E-state index in [2.05, 4.69) is 10.3 Å². The average molecular weight is 401 g/mol. The van der Waals surface area contributed by atoms with Gasteiger partial charge in [-0.05, 0) is 36.2 Å². The molecule has 0 unspecified atom stereocenters. The Bertz CT molecular complexity index is 1070. The van der Waals surface area contributed by atoms with Crippen LogP contribution in [0.3, 0.4) is 0 Å². The van der Waals surface area contributed by atoms with Crippen LogP contribution in [-0.4, -0.2) is 29.4 Å². The molecule has 0 bridgehead atoms. The smallest absolute Gasteiger partial charge is 0.361 e. The summed E-state index contributed by atoms with van der Waals surface area (Å²) in [7, 11) is 0. The zero-order valence-electron chi connectivity index (χ0n) is 15.3. The Morgan fingerprint density at radius 2 is 1.90 bits per heavy atom. The summed E-state index contributed by atoms with van der Waals surface area (Å²) in [4.78, 5) is 29.0. The Morgan fingerprint density at radius 1 is 1.10 bits per heavy atom. The van der Waals surface area contributed by atoms with E-state index in [1.165, 1.54) is 12.1 Å². The maximum atomic E-state index is 12.9. The predicted molar refractivity (Wildman–Crippen MR) is 102 cm³/mol. The summed E-state index contributed by atoms with van der Waals surface area (Å²) in [5.74, 6) is -1.05. The van der Waals surface area contributed by atoms with E-state index in [1.807, 2.05) is 30.5 Å². The number of alkyl halides is 3. The first-order valence-corrected chi connectivity index (χ1v) is 9.17. The number of H-pyrrole nitrogens is 1. The lowest BCUT2D eigenvalue weighted by molar-refractivity contribution is -0.137. The van der Waals surface area contributed by atoms with Crippen molar-refractivity contribution in [3.63, 3.8) is 0 Å². The summed E-state index contributed by atoms with van der Waals surface area (Å²) in [5, 5.41) is 4.15. The van der Waals surface area contributed by atoms with E-state index in [0.29, 0.717) is 13.0 Å². The maximum absolute atomic E-state index is 12.9. The van der Waals surface area contributed by atoms with Crippen molar-refractivity contribution in [1.29, 1.82) is 0 Å². The molecule has 0 saturated carbocycles. The third-order valence-corrected chi connectivity index (χ3v) is 5.04. The van der Waals surface area contributed by atoms with Crippen LogP contribution in [0.1, 0.15) is 17.5 Å². The Kier molecular flexibility index (Phi) is 4.87. The number of nitrogens with zero attached hydrogens (tertiary/aromatic N) is 1. The summed E-state index contributed by atoms with van der Waals surface area (Å²) in [6.07, 6.45) is -2.07. The minimum absolute atomic E-state index is 0.0595. The van der Waals surface area contributed by atoms with Crippen LogP contribution in [0.25, 0.3) is 10.9 Å². The fraction of sp³-hybridized carbons (Fsp3) is 0.238. The van der Waals surface area contributed by atoms with Crippen LogP contribution < -0.4 is 10.2 Å². The molecule has 1 aliphatic heterocycles. The van der Waals surface area contributed by atoms with Crippen LogP contribution in [0.5, 0.6) is 0 Å². The number of fused-ring (bicyclic) bond motifs is 1. The molecule has 2 heterocycles. The lowest BCUT2D eigenvalue weighted by Crippen LogP contribution is -2.39. The van der Waals surface area contributed by atoms with E-state index in [4.69, 9.17) is 0 Å². The molecule has 2 N–H and O–H groups in total. The van der Waals surface area contributed by atoms with E-state index in [-0.39, 0.29) is 12.1 Å². The first kappa shape index (κ1) is 19.2. The normalized spacial score (nSPS) is 17.5. The van der Waals surface area contributed by atoms with Crippen molar-refractivity contribution in [3.8, 4) is 0 Å². The number of rotatable bonds is 5. The minimum Gasteiger partial charge on any atom is -0.361 e. The second-order valence-corrected chi connectivity index (χ2v) is 6.94. The van der Waals surface area contributed by atoms with Crippen molar-refractivity contribution in [2.45, 2.75) is 25.1 Å². The zero-order valence-corrected chi connectivity index (χ0v) is 15.3. The largest absolute Gasteiger partial charge is 0.416 e. The van der Waals surface area contributed by atoms with Gasteiger partial charge in [0, 0.05) is 23.6 Å². The molecular weight excluding hydrogens is 383 g/mol. The van der Waals surface area contributed by atoms with Gasteiger partial charge in [0.1, 0.15) is 0 Å². The molecule has 0 aliphatic carbocycles. The van der Waals surface area contributed by atoms with Crippen LogP contribution in [-0.2, 0) is 22.2 Å². The highest BCUT2D eigenvalue weighted by molar-refractivity contribution is 6.22. The molecule has 1 aromatic heterocycles. The van der Waals surface area contributed by atoms with E-state index in [1.54, 1.807) is 0 Å². The Labute approximate surface area is 164 Å². The lowest BCUT2D eigenvalue weighted by atomic mass is 10.1. The van der Waals surface area contributed by atoms with Crippen molar-refractivity contribution in [2.24, 2.45) is 0 Å². The van der Waals surface area contributed by atoms with Crippen molar-refractivity contribution in [3.05, 3.63) is 65.9 Å². The molecule has 0 radical (unpaired) electrons. The van der Waals surface area contributed by atoms with Gasteiger partial charge in [0.15, 0.2) is 0 Å². The molecule has 2 amide bonds. The van der Waals surface area contributed by atoms with Gasteiger partial charge in [-0.25, -0.2) is 4.90 Å². The lowest BCUT2D eigenvalue weighted by Gasteiger charge is -2.17. The first-order chi connectivity index (χ1) is 13.8. The third kappa shape index (κ3) is 3.75. The SMILES string of the molecule is O=C1C[C@H](NCCc2c[nH]c3ccccc23)C(=O)N1c1cccc(C(F)(F)F)c1. The number of nitrogens with one attached hydrogen (secondary N) is 2. The van der Waals surface area contributed by atoms with Crippen molar-refractivity contribution in [1.82, 2.24) is 10.3 Å². The fourth-order valence-corrected chi connectivity index (χ4v) is 3.60. The van der Waals surface area contributed by atoms with Gasteiger partial charge in [0.25, 0.3) is 5.91 Å². The van der Waals surface area contributed by atoms with Crippen LogP contribution in [0.4, 0.5) is 18.9 Å². The second kappa shape index (κ2) is 7.36. The van der Waals surface area contributed by atoms with E-state index >= 15 is 0 Å². The average Bonchev–Trinajstić information content (AvgIpc) is 3.22. The van der Waals surface area contributed by atoms with Crippen molar-refractivity contribution >= 4 is 28.4 Å². The number of imide groups is 1. The molecule has 1 atom stereocenters. The molecule has 150 valence electrons. The minimum atomic E-state index is -4.54. The molecule has 4 rings (SSSR count). The Hall–Kier alpha value is -3.13. The van der Waals surface area contributed by atoms with Crippen LogP contribution >= 0.6 is 0 Å². The van der Waals surface area contributed by atoms with Gasteiger partial charge in [0.2, 0.25) is 5.91 Å². The van der Waals surface area contributed by atoms with Gasteiger partial charge < -0.3 is 10.3 Å². The molecule has 1 saturated heterocycles. The third-order valence-electron chi connectivity index (χ3n) is 5.04. The molecule has 3 aromatic rings. The molecule has 8 heteroatoms. The van der Waals surface area contributed by atoms with Gasteiger partial charge >= 0.3 is 6.18 Å². The van der Waals surface area contributed by atoms with Crippen LogP contribution in [0.2, 0.25) is 0 Å². The number of anilines is 1. The highest BCUT2D eigenvalue weighted by atomic mass is 19.4. The van der Waals surface area contributed by atoms with Gasteiger partial charge in [-0.15, -0.1) is 0 Å². The molecule has 29 heavy (non-hydrogen) atoms. The van der Waals surface area contributed by atoms with Crippen LogP contribution in [0.15, 0.2) is 54.7 Å². The molecule has 1 fully saturated rings. The molecule has 1 aliphatic rings. The molecular formula is C21H18F3N3O2. The molecule has 2 aromatic carbocycles. The number of carbonyl (C=O) groups is 2. The van der Waals surface area contributed by atoms with Crippen molar-refractivity contribution < 1.29 is 22.8 Å². The standard InChI is InChI=1S/C21H18F3N3O2/c22-21(23,24)14-4-3-5-15(10-14)27-19(28)11-18(20(27)29)25-9-8-13-12-26-17-7-2-1-6-16(13)17/h1-7,10,12,18,25-26H,8-9,11H2/t18-/m0/s1. The van der Waals surface area contributed by atoms with Gasteiger partial charge in [0.05, 0.1) is 23.7 Å². The number of carbonyl (C=O) groups excluding carboxylic acids is 2. The summed E-state index contributed by atoms with van der Waals surface area (Å²) in [6.45, 7) is 0.460. The molecule has 5 nitrogen and oxygen atoms in total. The van der Waals surface area contributed by atoms with Crippen molar-refractivity contribution in [2.75, 3.05) is 11.4 Å². The zero-order chi connectivity index (χ0) is 20.6. The first-order valence-electron chi connectivity index (χ1n) is 9.17. The number of amides is 2. The predicted octanol–water partition coefficient (Wildman–Crippen LogP) is 3.65. The van der Waals surface area contributed by atoms with Gasteiger partial charge in [-0.2, -0.15) is 13.2 Å². The Balaban J connectivity index is 1.43. The quantitative estimate of drug-likeness (QED) is 0.642. The van der Waals surface area contributed by atoms with E-state index in [0.717, 1.165) is 33.5 Å². The van der Waals surface area contributed by atoms with Crippen LogP contribution in [0, 0.1) is 0 Å². The van der Waals surface area contributed by atoms with Gasteiger partial charge in [-0.1, -0.05) is 24.3 Å². The van der Waals surface area contributed by atoms with E-state index in [9.17, 15) is 22.8 Å². The number of benzene rings is 2. The number of aromatic amines is 1. The fourth-order valence-electron chi connectivity index (χ4n) is 3.60. The topological polar surface area (TPSA) is 65.2 Å². The monoisotopic (exact) mass is 401 g/mol. The second-order valence-electron chi connectivity index (χ2n) is 6.94. The highest BCUT2D eigenvalue weighted by Gasteiger charge is 2.40. The number of aromatic nitrogens is 1. The number of hydrogen-bond donors (Lipinski definition) is 2. The summed E-state index contributed by atoms with van der Waals surface area (Å²) in [5.41, 5.74) is 1.15. The maximum Gasteiger partial charge on any atom is 0.416 e. The van der Waals surface area contributed by atoms with E-state index < -0.39 is 29.6 Å². The molecule has 0 spiro atoms.